The molecule has 2 aromatic rings. The summed E-state index contributed by atoms with van der Waals surface area (Å²) in [6, 6.07) is 11.2. The summed E-state index contributed by atoms with van der Waals surface area (Å²) in [4.78, 5) is 31.7. The average molecular weight is 354 g/mol. The van der Waals surface area contributed by atoms with Gasteiger partial charge in [-0.25, -0.2) is 4.98 Å². The maximum Gasteiger partial charge on any atom is 0.274 e. The average Bonchev–Trinajstić information content (AvgIpc) is 2.68. The molecule has 1 saturated heterocycles. The molecule has 6 nitrogen and oxygen atoms in total. The molecule has 1 aliphatic heterocycles. The van der Waals surface area contributed by atoms with Crippen LogP contribution in [0.15, 0.2) is 42.6 Å². The van der Waals surface area contributed by atoms with Crippen LogP contribution in [0.5, 0.6) is 5.75 Å². The second-order valence-corrected chi connectivity index (χ2v) is 6.38. The zero-order valence-corrected chi connectivity index (χ0v) is 15.2. The van der Waals surface area contributed by atoms with Crippen molar-refractivity contribution in [1.29, 1.82) is 0 Å². The quantitative estimate of drug-likeness (QED) is 0.765. The monoisotopic (exact) mass is 354 g/mol. The SMILES string of the molecule is COc1ccc(C(C)=O)cc1CC(=O)N1CCN(c2cccc[nH+]2)CC1. The highest BCUT2D eigenvalue weighted by Gasteiger charge is 2.26. The van der Waals surface area contributed by atoms with Crippen molar-refractivity contribution in [2.45, 2.75) is 13.3 Å². The number of pyridine rings is 1. The zero-order chi connectivity index (χ0) is 18.5. The first-order chi connectivity index (χ1) is 12.6. The number of Topliss-reactive ketones (excluding diaryl/α,β-unsaturated/α-hetero) is 1. The highest BCUT2D eigenvalue weighted by Crippen LogP contribution is 2.22. The molecule has 0 saturated carbocycles. The van der Waals surface area contributed by atoms with E-state index in [2.05, 4.69) is 9.88 Å². The van der Waals surface area contributed by atoms with Crippen LogP contribution in [0, 0.1) is 0 Å². The van der Waals surface area contributed by atoms with Gasteiger partial charge in [-0.2, -0.15) is 0 Å². The number of H-pyrrole nitrogens is 1. The molecule has 0 bridgehead atoms. The van der Waals surface area contributed by atoms with Crippen LogP contribution in [0.25, 0.3) is 0 Å². The predicted molar refractivity (Wildman–Crippen MR) is 98.5 cm³/mol. The van der Waals surface area contributed by atoms with E-state index < -0.39 is 0 Å². The molecule has 6 heteroatoms. The molecule has 1 aliphatic rings. The van der Waals surface area contributed by atoms with Crippen molar-refractivity contribution in [3.63, 3.8) is 0 Å². The van der Waals surface area contributed by atoms with Crippen LogP contribution >= 0.6 is 0 Å². The topological polar surface area (TPSA) is 64.0 Å². The number of piperazine rings is 1. The number of ketones is 1. The highest BCUT2D eigenvalue weighted by atomic mass is 16.5. The normalized spacial score (nSPS) is 14.2. The Morgan fingerprint density at radius 3 is 2.50 bits per heavy atom. The second kappa shape index (κ2) is 7.99. The highest BCUT2D eigenvalue weighted by molar-refractivity contribution is 5.94. The van der Waals surface area contributed by atoms with Crippen LogP contribution < -0.4 is 14.6 Å². The lowest BCUT2D eigenvalue weighted by atomic mass is 10.0. The third-order valence-electron chi connectivity index (χ3n) is 4.69. The molecule has 1 aromatic heterocycles. The summed E-state index contributed by atoms with van der Waals surface area (Å²) < 4.78 is 5.35. The van der Waals surface area contributed by atoms with Crippen LogP contribution in [-0.2, 0) is 11.2 Å². The van der Waals surface area contributed by atoms with Gasteiger partial charge in [-0.1, -0.05) is 6.07 Å². The minimum absolute atomic E-state index is 0.0194. The van der Waals surface area contributed by atoms with Gasteiger partial charge in [-0.15, -0.1) is 0 Å². The number of aromatic nitrogens is 1. The molecular formula is C20H24N3O3+. The molecule has 1 aromatic carbocycles. The van der Waals surface area contributed by atoms with Crippen LogP contribution in [0.2, 0.25) is 0 Å². The van der Waals surface area contributed by atoms with E-state index in [4.69, 9.17) is 4.74 Å². The van der Waals surface area contributed by atoms with Crippen molar-refractivity contribution in [3.05, 3.63) is 53.7 Å². The molecule has 26 heavy (non-hydrogen) atoms. The van der Waals surface area contributed by atoms with Crippen molar-refractivity contribution in [2.24, 2.45) is 0 Å². The van der Waals surface area contributed by atoms with E-state index in [0.29, 0.717) is 24.4 Å². The van der Waals surface area contributed by atoms with Crippen LogP contribution in [-0.4, -0.2) is 49.9 Å². The van der Waals surface area contributed by atoms with Gasteiger partial charge in [-0.3, -0.25) is 14.5 Å². The Kier molecular flexibility index (Phi) is 5.51. The maximum absolute atomic E-state index is 12.7. The number of methoxy groups -OCH3 is 1. The van der Waals surface area contributed by atoms with Crippen LogP contribution in [0.4, 0.5) is 5.82 Å². The van der Waals surface area contributed by atoms with E-state index in [-0.39, 0.29) is 18.1 Å². The van der Waals surface area contributed by atoms with Gasteiger partial charge in [0.15, 0.2) is 5.78 Å². The first-order valence-electron chi connectivity index (χ1n) is 8.76. The number of amides is 1. The van der Waals surface area contributed by atoms with Gasteiger partial charge in [0.05, 0.1) is 32.8 Å². The maximum atomic E-state index is 12.7. The Hall–Kier alpha value is -2.89. The molecule has 0 atom stereocenters. The van der Waals surface area contributed by atoms with Crippen molar-refractivity contribution in [3.8, 4) is 5.75 Å². The first-order valence-corrected chi connectivity index (χ1v) is 8.76. The Balaban J connectivity index is 1.64. The zero-order valence-electron chi connectivity index (χ0n) is 15.2. The molecule has 0 spiro atoms. The second-order valence-electron chi connectivity index (χ2n) is 6.38. The van der Waals surface area contributed by atoms with Crippen molar-refractivity contribution in [2.75, 3.05) is 38.2 Å². The van der Waals surface area contributed by atoms with E-state index in [1.54, 1.807) is 25.3 Å². The van der Waals surface area contributed by atoms with Gasteiger partial charge < -0.3 is 9.64 Å². The van der Waals surface area contributed by atoms with E-state index in [9.17, 15) is 9.59 Å². The Morgan fingerprint density at radius 1 is 1.12 bits per heavy atom. The lowest BCUT2D eigenvalue weighted by molar-refractivity contribution is -0.364. The Morgan fingerprint density at radius 2 is 1.88 bits per heavy atom. The number of carbonyl (C=O) groups is 2. The molecule has 0 unspecified atom stereocenters. The number of benzene rings is 1. The molecule has 0 aliphatic carbocycles. The summed E-state index contributed by atoms with van der Waals surface area (Å²) in [6.07, 6.45) is 2.14. The number of anilines is 1. The third kappa shape index (κ3) is 4.02. The lowest BCUT2D eigenvalue weighted by Gasteiger charge is -2.31. The number of rotatable bonds is 5. The van der Waals surface area contributed by atoms with Crippen molar-refractivity contribution >= 4 is 17.5 Å². The van der Waals surface area contributed by atoms with Gasteiger partial charge in [0.25, 0.3) is 5.82 Å². The standard InChI is InChI=1S/C20H23N3O3/c1-15(24)16-6-7-18(26-2)17(13-16)14-20(25)23-11-9-22(10-12-23)19-5-3-4-8-21-19/h3-8,13H,9-12,14H2,1-2H3/p+1. The van der Waals surface area contributed by atoms with Gasteiger partial charge in [0, 0.05) is 17.2 Å². The number of nitrogens with zero attached hydrogens (tertiary/aromatic N) is 2. The fourth-order valence-electron chi connectivity index (χ4n) is 3.19. The summed E-state index contributed by atoms with van der Waals surface area (Å²) in [6.45, 7) is 4.45. The number of hydrogen-bond acceptors (Lipinski definition) is 4. The van der Waals surface area contributed by atoms with Crippen LogP contribution in [0.1, 0.15) is 22.8 Å². The van der Waals surface area contributed by atoms with Crippen molar-refractivity contribution in [1.82, 2.24) is 4.90 Å². The smallest absolute Gasteiger partial charge is 0.274 e. The Labute approximate surface area is 153 Å². The van der Waals surface area contributed by atoms with Gasteiger partial charge in [-0.05, 0) is 31.2 Å². The largest absolute Gasteiger partial charge is 0.496 e. The Bertz CT molecular complexity index is 784. The first kappa shape index (κ1) is 17.9. The van der Waals surface area contributed by atoms with Crippen LogP contribution in [0.3, 0.4) is 0 Å². The number of nitrogens with one attached hydrogen (secondary N) is 1. The molecule has 3 rings (SSSR count). The van der Waals surface area contributed by atoms with E-state index in [1.165, 1.54) is 6.92 Å². The minimum Gasteiger partial charge on any atom is -0.496 e. The lowest BCUT2D eigenvalue weighted by Crippen LogP contribution is -2.50. The molecule has 1 fully saturated rings. The molecule has 136 valence electrons. The van der Waals surface area contributed by atoms with Gasteiger partial charge >= 0.3 is 0 Å². The fourth-order valence-corrected chi connectivity index (χ4v) is 3.19. The van der Waals surface area contributed by atoms with E-state index >= 15 is 0 Å². The fraction of sp³-hybridized carbons (Fsp3) is 0.350. The number of aromatic amines is 1. The summed E-state index contributed by atoms with van der Waals surface area (Å²) >= 11 is 0. The molecule has 2 heterocycles. The molecule has 0 radical (unpaired) electrons. The molecule has 1 N–H and O–H groups in total. The summed E-state index contributed by atoms with van der Waals surface area (Å²) in [5.74, 6) is 1.74. The number of hydrogen-bond donors (Lipinski definition) is 0. The van der Waals surface area contributed by atoms with E-state index in [1.807, 2.05) is 29.3 Å². The minimum atomic E-state index is -0.0194. The van der Waals surface area contributed by atoms with Gasteiger partial charge in [0.1, 0.15) is 18.8 Å². The third-order valence-corrected chi connectivity index (χ3v) is 4.69. The summed E-state index contributed by atoms with van der Waals surface area (Å²) in [5, 5.41) is 0. The van der Waals surface area contributed by atoms with Gasteiger partial charge in [0.2, 0.25) is 5.91 Å². The number of carbonyl (C=O) groups excluding carboxylic acids is 2. The molecular weight excluding hydrogens is 330 g/mol. The van der Waals surface area contributed by atoms with Crippen molar-refractivity contribution < 1.29 is 19.3 Å². The predicted octanol–water partition coefficient (Wildman–Crippen LogP) is 1.60. The molecule has 1 amide bonds. The number of ether oxygens (including phenoxy) is 1. The summed E-state index contributed by atoms with van der Waals surface area (Å²) in [7, 11) is 1.58. The summed E-state index contributed by atoms with van der Waals surface area (Å²) in [5.41, 5.74) is 1.35. The van der Waals surface area contributed by atoms with E-state index in [0.717, 1.165) is 24.5 Å².